The number of benzene rings is 1. The molecule has 2 atom stereocenters. The van der Waals surface area contributed by atoms with Crippen LogP contribution in [-0.4, -0.2) is 41.6 Å². The number of carbonyl (C=O) groups excluding carboxylic acids is 1. The molecule has 0 bridgehead atoms. The summed E-state index contributed by atoms with van der Waals surface area (Å²) < 4.78 is 13.8. The van der Waals surface area contributed by atoms with Gasteiger partial charge in [0.25, 0.3) is 5.91 Å². The Morgan fingerprint density at radius 3 is 2.86 bits per heavy atom. The van der Waals surface area contributed by atoms with Gasteiger partial charge in [0.2, 0.25) is 0 Å². The number of hydrogen-bond donors (Lipinski definition) is 2. The molecule has 2 unspecified atom stereocenters. The third-order valence-corrected chi connectivity index (χ3v) is 4.19. The molecule has 1 aromatic carbocycles. The third kappa shape index (κ3) is 3.53. The highest BCUT2D eigenvalue weighted by molar-refractivity contribution is 5.94. The van der Waals surface area contributed by atoms with Crippen molar-refractivity contribution < 1.29 is 14.3 Å². The number of phenols is 1. The fraction of sp³-hybridized carbons (Fsp3) is 0.562. The van der Waals surface area contributed by atoms with E-state index < -0.39 is 5.82 Å². The quantitative estimate of drug-likeness (QED) is 0.896. The highest BCUT2D eigenvalue weighted by atomic mass is 19.1. The van der Waals surface area contributed by atoms with Gasteiger partial charge in [-0.15, -0.1) is 0 Å². The van der Waals surface area contributed by atoms with Gasteiger partial charge < -0.3 is 15.3 Å². The van der Waals surface area contributed by atoms with Crippen molar-refractivity contribution in [2.75, 3.05) is 19.6 Å². The number of aromatic hydroxyl groups is 1. The van der Waals surface area contributed by atoms with E-state index in [1.54, 1.807) is 4.90 Å². The Bertz CT molecular complexity index is 507. The zero-order valence-corrected chi connectivity index (χ0v) is 12.6. The lowest BCUT2D eigenvalue weighted by Gasteiger charge is -2.38. The number of amides is 1. The van der Waals surface area contributed by atoms with Crippen molar-refractivity contribution in [1.82, 2.24) is 10.2 Å². The van der Waals surface area contributed by atoms with Crippen LogP contribution in [0.15, 0.2) is 18.2 Å². The summed E-state index contributed by atoms with van der Waals surface area (Å²) in [4.78, 5) is 14.2. The maximum absolute atomic E-state index is 13.8. The first kappa shape index (κ1) is 15.8. The number of piperidine rings is 1. The smallest absolute Gasteiger partial charge is 0.256 e. The van der Waals surface area contributed by atoms with E-state index >= 15 is 0 Å². The topological polar surface area (TPSA) is 52.6 Å². The predicted molar refractivity (Wildman–Crippen MR) is 79.8 cm³/mol. The van der Waals surface area contributed by atoms with Gasteiger partial charge >= 0.3 is 0 Å². The van der Waals surface area contributed by atoms with Crippen LogP contribution < -0.4 is 5.32 Å². The molecule has 1 aromatic rings. The van der Waals surface area contributed by atoms with E-state index in [1.807, 2.05) is 0 Å². The molecule has 0 saturated carbocycles. The van der Waals surface area contributed by atoms with E-state index in [9.17, 15) is 14.3 Å². The first-order valence-corrected chi connectivity index (χ1v) is 7.58. The third-order valence-electron chi connectivity index (χ3n) is 4.19. The zero-order chi connectivity index (χ0) is 15.4. The van der Waals surface area contributed by atoms with Crippen LogP contribution in [0.25, 0.3) is 0 Å². The minimum absolute atomic E-state index is 0.0320. The van der Waals surface area contributed by atoms with Gasteiger partial charge in [0.15, 0.2) is 0 Å². The normalized spacial score (nSPS) is 22.3. The average molecular weight is 294 g/mol. The van der Waals surface area contributed by atoms with Crippen LogP contribution in [0, 0.1) is 11.7 Å². The van der Waals surface area contributed by atoms with Gasteiger partial charge in [-0.25, -0.2) is 4.39 Å². The molecule has 0 spiro atoms. The highest BCUT2D eigenvalue weighted by Crippen LogP contribution is 2.23. The van der Waals surface area contributed by atoms with E-state index in [2.05, 4.69) is 19.2 Å². The van der Waals surface area contributed by atoms with Gasteiger partial charge in [0.1, 0.15) is 11.6 Å². The zero-order valence-electron chi connectivity index (χ0n) is 12.6. The molecule has 0 aromatic heterocycles. The second kappa shape index (κ2) is 6.89. The van der Waals surface area contributed by atoms with Crippen LogP contribution in [0.1, 0.15) is 37.0 Å². The van der Waals surface area contributed by atoms with Gasteiger partial charge in [-0.1, -0.05) is 20.3 Å². The highest BCUT2D eigenvalue weighted by Gasteiger charge is 2.31. The molecule has 1 fully saturated rings. The van der Waals surface area contributed by atoms with E-state index in [-0.39, 0.29) is 17.2 Å². The van der Waals surface area contributed by atoms with Crippen LogP contribution in [0.5, 0.6) is 5.75 Å². The summed E-state index contributed by atoms with van der Waals surface area (Å²) in [5.41, 5.74) is 0.0320. The molecule has 1 amide bonds. The number of carbonyl (C=O) groups is 1. The summed E-state index contributed by atoms with van der Waals surface area (Å²) in [6, 6.07) is 4.10. The molecule has 21 heavy (non-hydrogen) atoms. The van der Waals surface area contributed by atoms with E-state index in [1.165, 1.54) is 12.1 Å². The van der Waals surface area contributed by atoms with Crippen molar-refractivity contribution >= 4 is 5.91 Å². The standard InChI is InChI=1S/C16H23FN2O2/c1-3-11-10-19(8-7-15(11)18-4-2)16(21)13-6-5-12(20)9-14(13)17/h5-6,9,11,15,18,20H,3-4,7-8,10H2,1-2H3. The fourth-order valence-electron chi connectivity index (χ4n) is 3.01. The molecule has 2 N–H and O–H groups in total. The molecule has 1 aliphatic heterocycles. The molecule has 5 heteroatoms. The van der Waals surface area contributed by atoms with Crippen LogP contribution in [0.3, 0.4) is 0 Å². The van der Waals surface area contributed by atoms with Gasteiger partial charge in [-0.2, -0.15) is 0 Å². The Morgan fingerprint density at radius 2 is 2.24 bits per heavy atom. The lowest BCUT2D eigenvalue weighted by atomic mass is 9.89. The van der Waals surface area contributed by atoms with Crippen LogP contribution in [0.4, 0.5) is 4.39 Å². The molecule has 0 radical (unpaired) electrons. The summed E-state index contributed by atoms with van der Waals surface area (Å²) in [5.74, 6) is -0.730. The van der Waals surface area contributed by atoms with Gasteiger partial charge in [0, 0.05) is 25.2 Å². The Kier molecular flexibility index (Phi) is 5.17. The molecule has 4 nitrogen and oxygen atoms in total. The minimum Gasteiger partial charge on any atom is -0.508 e. The van der Waals surface area contributed by atoms with Gasteiger partial charge in [-0.3, -0.25) is 4.79 Å². The largest absolute Gasteiger partial charge is 0.508 e. The van der Waals surface area contributed by atoms with Crippen molar-refractivity contribution in [3.63, 3.8) is 0 Å². The van der Waals surface area contributed by atoms with Crippen LogP contribution in [0.2, 0.25) is 0 Å². The first-order valence-electron chi connectivity index (χ1n) is 7.58. The van der Waals surface area contributed by atoms with E-state index in [4.69, 9.17) is 0 Å². The number of nitrogens with zero attached hydrogens (tertiary/aromatic N) is 1. The minimum atomic E-state index is -0.665. The molecule has 1 aliphatic rings. The van der Waals surface area contributed by atoms with E-state index in [0.29, 0.717) is 25.0 Å². The maximum Gasteiger partial charge on any atom is 0.256 e. The number of hydrogen-bond acceptors (Lipinski definition) is 3. The SMILES string of the molecule is CCNC1CCN(C(=O)c2ccc(O)cc2F)CC1CC. The van der Waals surface area contributed by atoms with Crippen molar-refractivity contribution in [2.24, 2.45) is 5.92 Å². The Hall–Kier alpha value is -1.62. The lowest BCUT2D eigenvalue weighted by Crippen LogP contribution is -2.51. The molecule has 2 rings (SSSR count). The molecular weight excluding hydrogens is 271 g/mol. The van der Waals surface area contributed by atoms with Crippen molar-refractivity contribution in [3.8, 4) is 5.75 Å². The van der Waals surface area contributed by atoms with Crippen molar-refractivity contribution in [3.05, 3.63) is 29.6 Å². The van der Waals surface area contributed by atoms with Crippen molar-refractivity contribution in [2.45, 2.75) is 32.7 Å². The number of rotatable bonds is 4. The molecule has 1 heterocycles. The first-order chi connectivity index (χ1) is 10.1. The summed E-state index contributed by atoms with van der Waals surface area (Å²) in [6.45, 7) is 6.39. The predicted octanol–water partition coefficient (Wildman–Crippen LogP) is 2.38. The molecular formula is C16H23FN2O2. The second-order valence-corrected chi connectivity index (χ2v) is 5.54. The molecule has 1 saturated heterocycles. The molecule has 0 aliphatic carbocycles. The Labute approximate surface area is 125 Å². The van der Waals surface area contributed by atoms with Gasteiger partial charge in [-0.05, 0) is 31.0 Å². The Morgan fingerprint density at radius 1 is 1.48 bits per heavy atom. The summed E-state index contributed by atoms with van der Waals surface area (Å²) in [5, 5.41) is 12.7. The lowest BCUT2D eigenvalue weighted by molar-refractivity contribution is 0.0623. The average Bonchev–Trinajstić information content (AvgIpc) is 2.47. The number of nitrogens with one attached hydrogen (secondary N) is 1. The summed E-state index contributed by atoms with van der Waals surface area (Å²) in [6.07, 6.45) is 1.87. The van der Waals surface area contributed by atoms with Crippen LogP contribution >= 0.6 is 0 Å². The number of likely N-dealkylation sites (tertiary alicyclic amines) is 1. The molecule has 116 valence electrons. The van der Waals surface area contributed by atoms with E-state index in [0.717, 1.165) is 25.5 Å². The monoisotopic (exact) mass is 294 g/mol. The number of phenolic OH excluding ortho intramolecular Hbond substituents is 1. The maximum atomic E-state index is 13.8. The van der Waals surface area contributed by atoms with Gasteiger partial charge in [0.05, 0.1) is 5.56 Å². The number of halogens is 1. The Balaban J connectivity index is 2.10. The summed E-state index contributed by atoms with van der Waals surface area (Å²) in [7, 11) is 0. The fourth-order valence-corrected chi connectivity index (χ4v) is 3.01. The second-order valence-electron chi connectivity index (χ2n) is 5.54. The van der Waals surface area contributed by atoms with Crippen LogP contribution in [-0.2, 0) is 0 Å². The van der Waals surface area contributed by atoms with Crippen molar-refractivity contribution in [1.29, 1.82) is 0 Å². The summed E-state index contributed by atoms with van der Waals surface area (Å²) >= 11 is 0.